The highest BCUT2D eigenvalue weighted by Gasteiger charge is 2.14. The first-order chi connectivity index (χ1) is 7.84. The van der Waals surface area contributed by atoms with E-state index in [1.807, 2.05) is 0 Å². The first-order valence-electron chi connectivity index (χ1n) is 6.63. The number of hydrogen-bond acceptors (Lipinski definition) is 1. The van der Waals surface area contributed by atoms with Crippen molar-refractivity contribution in [1.29, 1.82) is 0 Å². The lowest BCUT2D eigenvalue weighted by atomic mass is 9.85. The van der Waals surface area contributed by atoms with Gasteiger partial charge in [-0.15, -0.1) is 0 Å². The maximum atomic E-state index is 2.36. The van der Waals surface area contributed by atoms with Crippen LogP contribution in [-0.4, -0.2) is 25.0 Å². The Labute approximate surface area is 107 Å². The molecule has 0 bridgehead atoms. The molecule has 1 heteroatoms. The number of likely N-dealkylation sites (N-methyl/N-ethyl adjacent to an activating group) is 1. The van der Waals surface area contributed by atoms with Crippen LogP contribution in [-0.2, 0) is 11.8 Å². The maximum Gasteiger partial charge on any atom is 0.00188 e. The number of aryl methyl sites for hydroxylation is 1. The van der Waals surface area contributed by atoms with E-state index in [0.29, 0.717) is 0 Å². The van der Waals surface area contributed by atoms with Crippen molar-refractivity contribution >= 4 is 0 Å². The average Bonchev–Trinajstić information content (AvgIpc) is 2.25. The van der Waals surface area contributed by atoms with Gasteiger partial charge in [0.05, 0.1) is 0 Å². The Morgan fingerprint density at radius 1 is 1.18 bits per heavy atom. The van der Waals surface area contributed by atoms with E-state index in [1.54, 1.807) is 0 Å². The summed E-state index contributed by atoms with van der Waals surface area (Å²) in [5, 5.41) is 0. The topological polar surface area (TPSA) is 3.24 Å². The zero-order valence-electron chi connectivity index (χ0n) is 12.3. The standard InChI is InChI=1S/C16H27N/c1-7-17(6)11-10-14-8-9-15(12-13(14)2)16(3,4)5/h8-9,12H,7,10-11H2,1-6H3. The van der Waals surface area contributed by atoms with Gasteiger partial charge in [-0.05, 0) is 49.0 Å². The van der Waals surface area contributed by atoms with E-state index in [4.69, 9.17) is 0 Å². The molecule has 0 saturated heterocycles. The van der Waals surface area contributed by atoms with Gasteiger partial charge in [-0.2, -0.15) is 0 Å². The van der Waals surface area contributed by atoms with Gasteiger partial charge in [0.2, 0.25) is 0 Å². The van der Waals surface area contributed by atoms with E-state index in [0.717, 1.165) is 19.5 Å². The van der Waals surface area contributed by atoms with Crippen molar-refractivity contribution in [2.24, 2.45) is 0 Å². The quantitative estimate of drug-likeness (QED) is 0.765. The third kappa shape index (κ3) is 4.16. The smallest absolute Gasteiger partial charge is 0.00188 e. The van der Waals surface area contributed by atoms with Crippen LogP contribution in [0.25, 0.3) is 0 Å². The summed E-state index contributed by atoms with van der Waals surface area (Å²) >= 11 is 0. The van der Waals surface area contributed by atoms with Gasteiger partial charge in [-0.1, -0.05) is 45.9 Å². The van der Waals surface area contributed by atoms with E-state index in [-0.39, 0.29) is 5.41 Å². The van der Waals surface area contributed by atoms with Crippen LogP contribution in [0.5, 0.6) is 0 Å². The van der Waals surface area contributed by atoms with E-state index >= 15 is 0 Å². The summed E-state index contributed by atoms with van der Waals surface area (Å²) in [4.78, 5) is 2.36. The van der Waals surface area contributed by atoms with Gasteiger partial charge in [0.15, 0.2) is 0 Å². The summed E-state index contributed by atoms with van der Waals surface area (Å²) in [7, 11) is 2.18. The molecular weight excluding hydrogens is 206 g/mol. The normalized spacial score (nSPS) is 12.2. The van der Waals surface area contributed by atoms with Crippen molar-refractivity contribution in [2.75, 3.05) is 20.1 Å². The highest BCUT2D eigenvalue weighted by molar-refractivity contribution is 5.34. The second-order valence-electron chi connectivity index (χ2n) is 6.04. The molecule has 0 N–H and O–H groups in total. The molecule has 0 radical (unpaired) electrons. The summed E-state index contributed by atoms with van der Waals surface area (Å²) in [6.45, 7) is 13.5. The summed E-state index contributed by atoms with van der Waals surface area (Å²) in [6.07, 6.45) is 1.15. The lowest BCUT2D eigenvalue weighted by Gasteiger charge is -2.21. The van der Waals surface area contributed by atoms with Crippen LogP contribution >= 0.6 is 0 Å². The molecule has 0 spiro atoms. The maximum absolute atomic E-state index is 2.36. The van der Waals surface area contributed by atoms with Crippen molar-refractivity contribution in [3.63, 3.8) is 0 Å². The molecule has 1 aromatic carbocycles. The SMILES string of the molecule is CCN(C)CCc1ccc(C(C)(C)C)cc1C. The van der Waals surface area contributed by atoms with Gasteiger partial charge in [0.1, 0.15) is 0 Å². The summed E-state index contributed by atoms with van der Waals surface area (Å²) in [5.41, 5.74) is 4.60. The number of benzene rings is 1. The molecule has 0 atom stereocenters. The molecule has 0 aromatic heterocycles. The number of nitrogens with zero attached hydrogens (tertiary/aromatic N) is 1. The van der Waals surface area contributed by atoms with Crippen molar-refractivity contribution in [1.82, 2.24) is 4.90 Å². The van der Waals surface area contributed by atoms with Crippen molar-refractivity contribution < 1.29 is 0 Å². The van der Waals surface area contributed by atoms with E-state index < -0.39 is 0 Å². The molecule has 96 valence electrons. The molecule has 1 nitrogen and oxygen atoms in total. The van der Waals surface area contributed by atoms with Gasteiger partial charge < -0.3 is 4.90 Å². The summed E-state index contributed by atoms with van der Waals surface area (Å²) in [5.74, 6) is 0. The van der Waals surface area contributed by atoms with Crippen LogP contribution in [0.15, 0.2) is 18.2 Å². The van der Waals surface area contributed by atoms with Gasteiger partial charge in [0, 0.05) is 6.54 Å². The van der Waals surface area contributed by atoms with Crippen molar-refractivity contribution in [3.8, 4) is 0 Å². The van der Waals surface area contributed by atoms with Crippen LogP contribution in [0.4, 0.5) is 0 Å². The molecule has 0 aliphatic rings. The molecule has 0 amide bonds. The summed E-state index contributed by atoms with van der Waals surface area (Å²) < 4.78 is 0. The predicted octanol–water partition coefficient (Wildman–Crippen LogP) is 3.79. The minimum Gasteiger partial charge on any atom is -0.306 e. The fourth-order valence-electron chi connectivity index (χ4n) is 1.91. The third-order valence-electron chi connectivity index (χ3n) is 3.51. The Morgan fingerprint density at radius 3 is 2.29 bits per heavy atom. The van der Waals surface area contributed by atoms with Crippen LogP contribution in [0.1, 0.15) is 44.4 Å². The highest BCUT2D eigenvalue weighted by Crippen LogP contribution is 2.24. The van der Waals surface area contributed by atoms with Crippen LogP contribution in [0, 0.1) is 6.92 Å². The Morgan fingerprint density at radius 2 is 1.82 bits per heavy atom. The molecule has 0 aliphatic carbocycles. The number of hydrogen-bond donors (Lipinski definition) is 0. The molecule has 17 heavy (non-hydrogen) atoms. The van der Waals surface area contributed by atoms with Crippen LogP contribution < -0.4 is 0 Å². The lowest BCUT2D eigenvalue weighted by Crippen LogP contribution is -2.20. The van der Waals surface area contributed by atoms with Gasteiger partial charge in [-0.3, -0.25) is 0 Å². The highest BCUT2D eigenvalue weighted by atomic mass is 15.1. The molecule has 1 rings (SSSR count). The Balaban J connectivity index is 2.77. The average molecular weight is 233 g/mol. The fourth-order valence-corrected chi connectivity index (χ4v) is 1.91. The second kappa shape index (κ2) is 5.68. The van der Waals surface area contributed by atoms with Crippen molar-refractivity contribution in [3.05, 3.63) is 34.9 Å². The lowest BCUT2D eigenvalue weighted by molar-refractivity contribution is 0.357. The number of rotatable bonds is 4. The molecule has 0 fully saturated rings. The summed E-state index contributed by atoms with van der Waals surface area (Å²) in [6, 6.07) is 6.94. The van der Waals surface area contributed by atoms with Gasteiger partial charge in [-0.25, -0.2) is 0 Å². The Hall–Kier alpha value is -0.820. The third-order valence-corrected chi connectivity index (χ3v) is 3.51. The molecule has 1 aromatic rings. The zero-order chi connectivity index (χ0) is 13.1. The van der Waals surface area contributed by atoms with Crippen LogP contribution in [0.2, 0.25) is 0 Å². The second-order valence-corrected chi connectivity index (χ2v) is 6.04. The molecule has 0 unspecified atom stereocenters. The molecule has 0 saturated carbocycles. The van der Waals surface area contributed by atoms with E-state index in [2.05, 4.69) is 64.8 Å². The molecule has 0 aliphatic heterocycles. The minimum absolute atomic E-state index is 0.253. The van der Waals surface area contributed by atoms with Gasteiger partial charge in [0.25, 0.3) is 0 Å². The fraction of sp³-hybridized carbons (Fsp3) is 0.625. The molecular formula is C16H27N. The Bertz CT molecular complexity index is 360. The minimum atomic E-state index is 0.253. The van der Waals surface area contributed by atoms with E-state index in [1.165, 1.54) is 16.7 Å². The Kier molecular flexibility index (Phi) is 4.76. The van der Waals surface area contributed by atoms with Gasteiger partial charge >= 0.3 is 0 Å². The zero-order valence-corrected chi connectivity index (χ0v) is 12.3. The first-order valence-corrected chi connectivity index (χ1v) is 6.63. The van der Waals surface area contributed by atoms with Crippen LogP contribution in [0.3, 0.4) is 0 Å². The van der Waals surface area contributed by atoms with E-state index in [9.17, 15) is 0 Å². The predicted molar refractivity (Wildman–Crippen MR) is 76.8 cm³/mol. The first kappa shape index (κ1) is 14.2. The largest absolute Gasteiger partial charge is 0.306 e. The van der Waals surface area contributed by atoms with Crippen molar-refractivity contribution in [2.45, 2.75) is 46.5 Å². The molecule has 0 heterocycles. The monoisotopic (exact) mass is 233 g/mol.